The lowest BCUT2D eigenvalue weighted by atomic mass is 10.1. The SMILES string of the molecule is CC(=O)CC[C@H]1CN(c2ccc(-n3cc(-c4ccncc4)cn3)c(F)c2)C(=O)O1. The van der Waals surface area contributed by atoms with Crippen molar-refractivity contribution < 1.29 is 18.7 Å². The Kier molecular flexibility index (Phi) is 5.07. The fraction of sp³-hybridized carbons (Fsp3) is 0.238. The summed E-state index contributed by atoms with van der Waals surface area (Å²) in [5.74, 6) is -0.466. The van der Waals surface area contributed by atoms with E-state index in [1.165, 1.54) is 22.6 Å². The van der Waals surface area contributed by atoms with Gasteiger partial charge in [0.25, 0.3) is 0 Å². The largest absolute Gasteiger partial charge is 0.444 e. The van der Waals surface area contributed by atoms with Gasteiger partial charge in [0, 0.05) is 30.6 Å². The van der Waals surface area contributed by atoms with E-state index in [0.29, 0.717) is 25.1 Å². The minimum atomic E-state index is -0.537. The lowest BCUT2D eigenvalue weighted by Gasteiger charge is -2.14. The molecule has 1 amide bonds. The van der Waals surface area contributed by atoms with E-state index in [9.17, 15) is 14.0 Å². The second kappa shape index (κ2) is 7.83. The fourth-order valence-corrected chi connectivity index (χ4v) is 3.24. The first-order chi connectivity index (χ1) is 14.0. The van der Waals surface area contributed by atoms with Crippen molar-refractivity contribution in [2.24, 2.45) is 0 Å². The number of carbonyl (C=O) groups is 2. The molecule has 0 N–H and O–H groups in total. The highest BCUT2D eigenvalue weighted by Gasteiger charge is 2.32. The molecule has 1 aliphatic heterocycles. The van der Waals surface area contributed by atoms with Crippen molar-refractivity contribution in [2.45, 2.75) is 25.9 Å². The molecule has 8 heteroatoms. The normalized spacial score (nSPS) is 16.1. The number of cyclic esters (lactones) is 1. The second-order valence-electron chi connectivity index (χ2n) is 6.90. The maximum atomic E-state index is 14.8. The fourth-order valence-electron chi connectivity index (χ4n) is 3.24. The zero-order valence-electron chi connectivity index (χ0n) is 15.8. The van der Waals surface area contributed by atoms with Gasteiger partial charge >= 0.3 is 6.09 Å². The summed E-state index contributed by atoms with van der Waals surface area (Å²) in [4.78, 5) is 28.6. The number of pyridine rings is 1. The smallest absolute Gasteiger partial charge is 0.414 e. The standard InChI is InChI=1S/C21H19FN4O3/c1-14(27)2-4-18-13-25(21(28)29-18)17-3-5-20(19(22)10-17)26-12-16(11-24-26)15-6-8-23-9-7-15/h3,5-12,18H,2,4,13H2,1H3/t18-/m0/s1. The molecule has 3 aromatic rings. The predicted molar refractivity (Wildman–Crippen MR) is 104 cm³/mol. The quantitative estimate of drug-likeness (QED) is 0.636. The molecule has 0 bridgehead atoms. The van der Waals surface area contributed by atoms with Gasteiger partial charge in [0.1, 0.15) is 17.6 Å². The van der Waals surface area contributed by atoms with Crippen molar-refractivity contribution in [3.05, 3.63) is 60.9 Å². The van der Waals surface area contributed by atoms with Crippen LogP contribution >= 0.6 is 0 Å². The number of aromatic nitrogens is 3. The molecule has 0 unspecified atom stereocenters. The number of Topliss-reactive ketones (excluding diaryl/α,β-unsaturated/α-hetero) is 1. The highest BCUT2D eigenvalue weighted by Crippen LogP contribution is 2.27. The average molecular weight is 394 g/mol. The summed E-state index contributed by atoms with van der Waals surface area (Å²) in [6, 6.07) is 8.22. The average Bonchev–Trinajstić information content (AvgIpc) is 3.34. The zero-order chi connectivity index (χ0) is 20.4. The van der Waals surface area contributed by atoms with Crippen LogP contribution in [0.2, 0.25) is 0 Å². The Bertz CT molecular complexity index is 1050. The van der Waals surface area contributed by atoms with E-state index < -0.39 is 11.9 Å². The van der Waals surface area contributed by atoms with Gasteiger partial charge in [-0.05, 0) is 49.2 Å². The van der Waals surface area contributed by atoms with Crippen LogP contribution in [0.1, 0.15) is 19.8 Å². The van der Waals surface area contributed by atoms with Crippen LogP contribution in [0.25, 0.3) is 16.8 Å². The van der Waals surface area contributed by atoms with Crippen molar-refractivity contribution >= 4 is 17.6 Å². The number of carbonyl (C=O) groups excluding carboxylic acids is 2. The van der Waals surface area contributed by atoms with Crippen molar-refractivity contribution in [1.29, 1.82) is 0 Å². The van der Waals surface area contributed by atoms with Crippen LogP contribution in [0, 0.1) is 5.82 Å². The van der Waals surface area contributed by atoms with Gasteiger partial charge in [0.15, 0.2) is 5.82 Å². The highest BCUT2D eigenvalue weighted by molar-refractivity contribution is 5.90. The lowest BCUT2D eigenvalue weighted by molar-refractivity contribution is -0.117. The number of ether oxygens (including phenoxy) is 1. The molecule has 29 heavy (non-hydrogen) atoms. The highest BCUT2D eigenvalue weighted by atomic mass is 19.1. The number of amides is 1. The summed E-state index contributed by atoms with van der Waals surface area (Å²) in [7, 11) is 0. The number of hydrogen-bond donors (Lipinski definition) is 0. The predicted octanol–water partition coefficient (Wildman–Crippen LogP) is 3.77. The molecule has 1 aromatic carbocycles. The summed E-state index contributed by atoms with van der Waals surface area (Å²) in [6.45, 7) is 1.79. The second-order valence-corrected chi connectivity index (χ2v) is 6.90. The Morgan fingerprint density at radius 1 is 1.24 bits per heavy atom. The third-order valence-electron chi connectivity index (χ3n) is 4.78. The van der Waals surface area contributed by atoms with Crippen molar-refractivity contribution in [3.8, 4) is 16.8 Å². The summed E-state index contributed by atoms with van der Waals surface area (Å²) >= 11 is 0. The van der Waals surface area contributed by atoms with Gasteiger partial charge in [-0.3, -0.25) is 9.88 Å². The molecule has 0 saturated carbocycles. The maximum Gasteiger partial charge on any atom is 0.414 e. The third kappa shape index (κ3) is 4.01. The van der Waals surface area contributed by atoms with Gasteiger partial charge in [-0.25, -0.2) is 13.9 Å². The number of hydrogen-bond acceptors (Lipinski definition) is 5. The van der Waals surface area contributed by atoms with Crippen molar-refractivity contribution in [2.75, 3.05) is 11.4 Å². The summed E-state index contributed by atoms with van der Waals surface area (Å²) in [6.07, 6.45) is 6.64. The lowest BCUT2D eigenvalue weighted by Crippen LogP contribution is -2.24. The number of benzene rings is 1. The van der Waals surface area contributed by atoms with E-state index in [1.807, 2.05) is 12.1 Å². The monoisotopic (exact) mass is 394 g/mol. The number of ketones is 1. The summed E-state index contributed by atoms with van der Waals surface area (Å²) in [5, 5.41) is 4.24. The van der Waals surface area contributed by atoms with E-state index in [1.54, 1.807) is 36.9 Å². The first-order valence-electron chi connectivity index (χ1n) is 9.24. The Labute approximate surface area is 166 Å². The Morgan fingerprint density at radius 3 is 2.76 bits per heavy atom. The Hall–Kier alpha value is -3.55. The van der Waals surface area contributed by atoms with E-state index in [2.05, 4.69) is 10.1 Å². The molecule has 1 atom stereocenters. The van der Waals surface area contributed by atoms with Crippen LogP contribution in [0.15, 0.2) is 55.1 Å². The van der Waals surface area contributed by atoms with E-state index in [0.717, 1.165) is 11.1 Å². The van der Waals surface area contributed by atoms with Crippen molar-refractivity contribution in [3.63, 3.8) is 0 Å². The number of rotatable bonds is 6. The van der Waals surface area contributed by atoms with Crippen LogP contribution in [0.3, 0.4) is 0 Å². The first kappa shape index (κ1) is 18.8. The van der Waals surface area contributed by atoms with E-state index in [4.69, 9.17) is 4.74 Å². The number of nitrogens with zero attached hydrogens (tertiary/aromatic N) is 4. The maximum absolute atomic E-state index is 14.8. The van der Waals surface area contributed by atoms with Crippen LogP contribution in [0.4, 0.5) is 14.9 Å². The van der Waals surface area contributed by atoms with Gasteiger partial charge in [0.2, 0.25) is 0 Å². The van der Waals surface area contributed by atoms with Crippen LogP contribution in [-0.2, 0) is 9.53 Å². The molecule has 3 heterocycles. The van der Waals surface area contributed by atoms with Gasteiger partial charge in [-0.15, -0.1) is 0 Å². The van der Waals surface area contributed by atoms with E-state index in [-0.39, 0.29) is 17.6 Å². The van der Waals surface area contributed by atoms with Gasteiger partial charge in [-0.1, -0.05) is 0 Å². The summed E-state index contributed by atoms with van der Waals surface area (Å²) < 4.78 is 21.5. The summed E-state index contributed by atoms with van der Waals surface area (Å²) in [5.41, 5.74) is 2.45. The van der Waals surface area contributed by atoms with Crippen molar-refractivity contribution in [1.82, 2.24) is 14.8 Å². The molecule has 0 aliphatic carbocycles. The molecule has 1 fully saturated rings. The van der Waals surface area contributed by atoms with Crippen LogP contribution < -0.4 is 4.90 Å². The molecule has 0 radical (unpaired) electrons. The van der Waals surface area contributed by atoms with Crippen LogP contribution in [-0.4, -0.2) is 39.3 Å². The zero-order valence-corrected chi connectivity index (χ0v) is 15.8. The minimum absolute atomic E-state index is 0.0419. The molecule has 1 saturated heterocycles. The molecule has 148 valence electrons. The molecule has 1 aliphatic rings. The number of halogens is 1. The minimum Gasteiger partial charge on any atom is -0.444 e. The molecule has 7 nitrogen and oxygen atoms in total. The molecule has 4 rings (SSSR count). The van der Waals surface area contributed by atoms with Gasteiger partial charge in [0.05, 0.1) is 18.4 Å². The Balaban J connectivity index is 1.52. The molecule has 2 aromatic heterocycles. The molecule has 0 spiro atoms. The molecular formula is C21H19FN4O3. The Morgan fingerprint density at radius 2 is 2.03 bits per heavy atom. The van der Waals surface area contributed by atoms with Gasteiger partial charge in [-0.2, -0.15) is 5.10 Å². The number of anilines is 1. The van der Waals surface area contributed by atoms with Gasteiger partial charge < -0.3 is 9.53 Å². The van der Waals surface area contributed by atoms with Crippen LogP contribution in [0.5, 0.6) is 0 Å². The molecular weight excluding hydrogens is 375 g/mol. The van der Waals surface area contributed by atoms with E-state index >= 15 is 0 Å². The topological polar surface area (TPSA) is 77.3 Å². The first-order valence-corrected chi connectivity index (χ1v) is 9.24. The third-order valence-corrected chi connectivity index (χ3v) is 4.78.